The third kappa shape index (κ3) is 1.88. The van der Waals surface area contributed by atoms with Crippen molar-refractivity contribution in [3.63, 3.8) is 0 Å². The van der Waals surface area contributed by atoms with Crippen molar-refractivity contribution in [3.8, 4) is 0 Å². The van der Waals surface area contributed by atoms with Gasteiger partial charge < -0.3 is 5.32 Å². The zero-order valence-electron chi connectivity index (χ0n) is 6.26. The molecule has 64 valence electrons. The number of halogens is 3. The van der Waals surface area contributed by atoms with Crippen LogP contribution in [0, 0.1) is 0 Å². The summed E-state index contributed by atoms with van der Waals surface area (Å²) in [6.07, 6.45) is -2.82. The van der Waals surface area contributed by atoms with Crippen molar-refractivity contribution >= 4 is 0 Å². The van der Waals surface area contributed by atoms with Crippen LogP contribution in [-0.2, 0) is 0 Å². The van der Waals surface area contributed by atoms with Crippen LogP contribution in [-0.4, -0.2) is 12.7 Å². The molecule has 0 saturated carbocycles. The van der Waals surface area contributed by atoms with E-state index in [-0.39, 0.29) is 0 Å². The van der Waals surface area contributed by atoms with Gasteiger partial charge in [-0.1, -0.05) is 0 Å². The molecule has 0 atom stereocenters. The molecule has 11 heavy (non-hydrogen) atoms. The summed E-state index contributed by atoms with van der Waals surface area (Å²) in [5, 5.41) is 2.72. The number of hydrogen-bond acceptors (Lipinski definition) is 1. The fraction of sp³-hybridized carbons (Fsp3) is 0.714. The van der Waals surface area contributed by atoms with Crippen LogP contribution in [0.2, 0.25) is 0 Å². The lowest BCUT2D eigenvalue weighted by Gasteiger charge is -2.09. The van der Waals surface area contributed by atoms with E-state index in [2.05, 4.69) is 5.32 Å². The minimum atomic E-state index is -4.16. The Bertz CT molecular complexity index is 173. The van der Waals surface area contributed by atoms with Crippen LogP contribution >= 0.6 is 0 Å². The van der Waals surface area contributed by atoms with E-state index in [1.807, 2.05) is 0 Å². The predicted molar refractivity (Wildman–Crippen MR) is 36.0 cm³/mol. The molecule has 0 spiro atoms. The summed E-state index contributed by atoms with van der Waals surface area (Å²) in [5.74, 6) is 0. The van der Waals surface area contributed by atoms with Crippen molar-refractivity contribution in [3.05, 3.63) is 11.3 Å². The van der Waals surface area contributed by atoms with Gasteiger partial charge in [0, 0.05) is 17.8 Å². The largest absolute Gasteiger partial charge is 0.414 e. The maximum atomic E-state index is 12.0. The van der Waals surface area contributed by atoms with Crippen LogP contribution in [0.3, 0.4) is 0 Å². The molecule has 0 bridgehead atoms. The molecule has 1 N–H and O–H groups in total. The van der Waals surface area contributed by atoms with E-state index in [0.717, 1.165) is 13.3 Å². The van der Waals surface area contributed by atoms with Gasteiger partial charge in [0.05, 0.1) is 0 Å². The van der Waals surface area contributed by atoms with Crippen molar-refractivity contribution in [1.82, 2.24) is 5.32 Å². The first-order valence-corrected chi connectivity index (χ1v) is 3.52. The number of hydrogen-bond donors (Lipinski definition) is 1. The first kappa shape index (κ1) is 8.43. The highest BCUT2D eigenvalue weighted by Crippen LogP contribution is 2.29. The second-order valence-electron chi connectivity index (χ2n) is 2.63. The molecule has 0 aliphatic carbocycles. The van der Waals surface area contributed by atoms with Crippen molar-refractivity contribution in [2.24, 2.45) is 0 Å². The predicted octanol–water partition coefficient (Wildman–Crippen LogP) is 2.21. The first-order valence-electron chi connectivity index (χ1n) is 3.52. The summed E-state index contributed by atoms with van der Waals surface area (Å²) >= 11 is 0. The first-order chi connectivity index (χ1) is 5.02. The van der Waals surface area contributed by atoms with Gasteiger partial charge in [-0.15, -0.1) is 0 Å². The highest BCUT2D eigenvalue weighted by atomic mass is 19.4. The Balaban J connectivity index is 2.77. The topological polar surface area (TPSA) is 12.0 Å². The Kier molecular flexibility index (Phi) is 2.11. The van der Waals surface area contributed by atoms with Gasteiger partial charge in [0.2, 0.25) is 0 Å². The summed E-state index contributed by atoms with van der Waals surface area (Å²) < 4.78 is 36.0. The molecule has 0 radical (unpaired) electrons. The van der Waals surface area contributed by atoms with E-state index >= 15 is 0 Å². The van der Waals surface area contributed by atoms with Gasteiger partial charge >= 0.3 is 6.18 Å². The Morgan fingerprint density at radius 2 is 2.09 bits per heavy atom. The molecule has 1 nitrogen and oxygen atoms in total. The van der Waals surface area contributed by atoms with Gasteiger partial charge in [0.1, 0.15) is 0 Å². The minimum absolute atomic E-state index is 0.359. The lowest BCUT2D eigenvalue weighted by molar-refractivity contribution is -0.0924. The van der Waals surface area contributed by atoms with E-state index in [1.165, 1.54) is 0 Å². The third-order valence-electron chi connectivity index (χ3n) is 1.82. The van der Waals surface area contributed by atoms with E-state index in [1.54, 1.807) is 0 Å². The number of nitrogens with one attached hydrogen (secondary N) is 1. The molecule has 1 aliphatic heterocycles. The molecule has 1 rings (SSSR count). The summed E-state index contributed by atoms with van der Waals surface area (Å²) in [6.45, 7) is 1.79. The quantitative estimate of drug-likeness (QED) is 0.580. The van der Waals surface area contributed by atoms with Gasteiger partial charge in [-0.2, -0.15) is 13.2 Å². The summed E-state index contributed by atoms with van der Waals surface area (Å²) in [6, 6.07) is 0. The lowest BCUT2D eigenvalue weighted by Crippen LogP contribution is -2.16. The molecule has 0 aromatic rings. The van der Waals surface area contributed by atoms with E-state index in [4.69, 9.17) is 0 Å². The number of allylic oxidation sites excluding steroid dienone is 2. The Hall–Kier alpha value is -0.670. The maximum Gasteiger partial charge on any atom is 0.414 e. The molecule has 1 fully saturated rings. The molecule has 0 unspecified atom stereocenters. The van der Waals surface area contributed by atoms with Crippen LogP contribution in [0.5, 0.6) is 0 Å². The standard InChI is InChI=1S/C7H10F3N/c1-5(7(8,9)10)6-3-2-4-11-6/h11H,2-4H2,1H3. The maximum absolute atomic E-state index is 12.0. The van der Waals surface area contributed by atoms with Gasteiger partial charge in [-0.25, -0.2) is 0 Å². The molecule has 1 saturated heterocycles. The smallest absolute Gasteiger partial charge is 0.388 e. The minimum Gasteiger partial charge on any atom is -0.388 e. The van der Waals surface area contributed by atoms with E-state index < -0.39 is 11.7 Å². The van der Waals surface area contributed by atoms with Crippen LogP contribution < -0.4 is 5.32 Å². The van der Waals surface area contributed by atoms with Crippen molar-refractivity contribution < 1.29 is 13.2 Å². The molecule has 0 aromatic heterocycles. The summed E-state index contributed by atoms with van der Waals surface area (Å²) in [4.78, 5) is 0. The van der Waals surface area contributed by atoms with Crippen LogP contribution in [0.1, 0.15) is 19.8 Å². The van der Waals surface area contributed by atoms with Gasteiger partial charge in [0.15, 0.2) is 0 Å². The zero-order chi connectivity index (χ0) is 8.48. The Morgan fingerprint density at radius 1 is 1.45 bits per heavy atom. The monoisotopic (exact) mass is 165 g/mol. The number of rotatable bonds is 0. The van der Waals surface area contributed by atoms with Crippen LogP contribution in [0.25, 0.3) is 0 Å². The molecule has 0 amide bonds. The molecular formula is C7H10F3N. The fourth-order valence-electron chi connectivity index (χ4n) is 1.08. The highest BCUT2D eigenvalue weighted by molar-refractivity contribution is 5.17. The SMILES string of the molecule is CC(=C1CCCN1)C(F)(F)F. The van der Waals surface area contributed by atoms with E-state index in [9.17, 15) is 13.2 Å². The fourth-order valence-corrected chi connectivity index (χ4v) is 1.08. The Labute approximate surface area is 63.3 Å². The van der Waals surface area contributed by atoms with Crippen molar-refractivity contribution in [2.75, 3.05) is 6.54 Å². The van der Waals surface area contributed by atoms with Gasteiger partial charge in [-0.05, 0) is 19.8 Å². The second kappa shape index (κ2) is 2.75. The summed E-state index contributed by atoms with van der Waals surface area (Å²) in [7, 11) is 0. The van der Waals surface area contributed by atoms with Crippen molar-refractivity contribution in [2.45, 2.75) is 25.9 Å². The second-order valence-corrected chi connectivity index (χ2v) is 2.63. The van der Waals surface area contributed by atoms with Gasteiger partial charge in [0.25, 0.3) is 0 Å². The normalized spacial score (nSPS) is 23.3. The molecule has 1 aliphatic rings. The van der Waals surface area contributed by atoms with Gasteiger partial charge in [-0.3, -0.25) is 0 Å². The van der Waals surface area contributed by atoms with Crippen LogP contribution in [0.15, 0.2) is 11.3 Å². The van der Waals surface area contributed by atoms with Crippen LogP contribution in [0.4, 0.5) is 13.2 Å². The average Bonchev–Trinajstić information content (AvgIpc) is 2.34. The molecule has 1 heterocycles. The zero-order valence-corrected chi connectivity index (χ0v) is 6.26. The third-order valence-corrected chi connectivity index (χ3v) is 1.82. The van der Waals surface area contributed by atoms with E-state index in [0.29, 0.717) is 18.7 Å². The molecule has 4 heteroatoms. The molecule has 0 aromatic carbocycles. The van der Waals surface area contributed by atoms with Crippen molar-refractivity contribution in [1.29, 1.82) is 0 Å². The number of alkyl halides is 3. The molecular weight excluding hydrogens is 155 g/mol. The summed E-state index contributed by atoms with van der Waals surface area (Å²) in [5.41, 5.74) is -0.118. The Morgan fingerprint density at radius 3 is 2.45 bits per heavy atom. The lowest BCUT2D eigenvalue weighted by atomic mass is 10.2. The average molecular weight is 165 g/mol. The highest BCUT2D eigenvalue weighted by Gasteiger charge is 2.33.